The second kappa shape index (κ2) is 4.61. The highest BCUT2D eigenvalue weighted by atomic mass is 32.1. The first-order chi connectivity index (χ1) is 7.21. The fourth-order valence-electron chi connectivity index (χ4n) is 1.79. The lowest BCUT2D eigenvalue weighted by Gasteiger charge is -2.26. The fourth-order valence-corrected chi connectivity index (χ4v) is 2.47. The first-order valence-corrected chi connectivity index (χ1v) is 6.15. The van der Waals surface area contributed by atoms with Crippen LogP contribution in [-0.4, -0.2) is 25.8 Å². The van der Waals surface area contributed by atoms with Crippen LogP contribution in [0.15, 0.2) is 17.5 Å². The summed E-state index contributed by atoms with van der Waals surface area (Å²) in [7, 11) is 0. The molecule has 2 heterocycles. The lowest BCUT2D eigenvalue weighted by molar-refractivity contribution is 0.158. The Bertz CT molecular complexity index is 302. The molecule has 0 saturated carbocycles. The van der Waals surface area contributed by atoms with E-state index in [-0.39, 0.29) is 11.5 Å². The molecule has 1 saturated heterocycles. The van der Waals surface area contributed by atoms with Crippen molar-refractivity contribution in [2.75, 3.05) is 19.8 Å². The van der Waals surface area contributed by atoms with Gasteiger partial charge in [0.25, 0.3) is 0 Å². The van der Waals surface area contributed by atoms with Crippen molar-refractivity contribution < 1.29 is 4.74 Å². The van der Waals surface area contributed by atoms with E-state index in [1.807, 2.05) is 0 Å². The van der Waals surface area contributed by atoms with Crippen LogP contribution in [-0.2, 0) is 11.3 Å². The lowest BCUT2D eigenvalue weighted by atomic mass is 9.86. The summed E-state index contributed by atoms with van der Waals surface area (Å²) in [6, 6.07) is 4.38. The molecule has 0 bridgehead atoms. The maximum Gasteiger partial charge on any atom is 0.0624 e. The Kier molecular flexibility index (Phi) is 3.41. The van der Waals surface area contributed by atoms with Gasteiger partial charge in [0.15, 0.2) is 0 Å². The second-order valence-electron chi connectivity index (χ2n) is 4.46. The third-order valence-electron chi connectivity index (χ3n) is 3.03. The molecule has 0 aromatic carbocycles. The number of rotatable bonds is 4. The number of thiophene rings is 1. The van der Waals surface area contributed by atoms with Gasteiger partial charge in [0, 0.05) is 29.4 Å². The van der Waals surface area contributed by atoms with Crippen LogP contribution >= 0.6 is 11.3 Å². The molecule has 2 rings (SSSR count). The Morgan fingerprint density at radius 1 is 1.73 bits per heavy atom. The Hall–Kier alpha value is -0.420. The van der Waals surface area contributed by atoms with Crippen molar-refractivity contribution in [1.82, 2.24) is 5.32 Å². The third-order valence-corrected chi connectivity index (χ3v) is 3.91. The van der Waals surface area contributed by atoms with Crippen LogP contribution in [0, 0.1) is 5.41 Å². The van der Waals surface area contributed by atoms with Crippen molar-refractivity contribution in [3.8, 4) is 0 Å². The molecule has 4 heteroatoms. The molecular formula is C11H18N2OS. The third kappa shape index (κ3) is 2.58. The van der Waals surface area contributed by atoms with Gasteiger partial charge in [-0.05, 0) is 11.4 Å². The molecule has 3 nitrogen and oxygen atoms in total. The molecule has 0 aliphatic carbocycles. The smallest absolute Gasteiger partial charge is 0.0624 e. The Morgan fingerprint density at radius 3 is 3.20 bits per heavy atom. The lowest BCUT2D eigenvalue weighted by Crippen LogP contribution is -2.45. The predicted molar refractivity (Wildman–Crippen MR) is 62.9 cm³/mol. The van der Waals surface area contributed by atoms with Gasteiger partial charge < -0.3 is 15.8 Å². The zero-order chi connectivity index (χ0) is 10.7. The van der Waals surface area contributed by atoms with Crippen LogP contribution in [0.3, 0.4) is 0 Å². The van der Waals surface area contributed by atoms with Gasteiger partial charge in [-0.25, -0.2) is 0 Å². The fraction of sp³-hybridized carbons (Fsp3) is 0.636. The normalized spacial score (nSPS) is 30.9. The zero-order valence-corrected chi connectivity index (χ0v) is 9.85. The molecule has 1 aromatic rings. The van der Waals surface area contributed by atoms with Crippen molar-refractivity contribution in [3.63, 3.8) is 0 Å². The van der Waals surface area contributed by atoms with Crippen molar-refractivity contribution in [3.05, 3.63) is 22.4 Å². The van der Waals surface area contributed by atoms with Crippen LogP contribution in [0.5, 0.6) is 0 Å². The van der Waals surface area contributed by atoms with E-state index in [1.165, 1.54) is 4.88 Å². The number of nitrogens with one attached hydrogen (secondary N) is 1. The predicted octanol–water partition coefficient (Wildman–Crippen LogP) is 1.20. The van der Waals surface area contributed by atoms with Crippen LogP contribution < -0.4 is 11.1 Å². The van der Waals surface area contributed by atoms with Crippen molar-refractivity contribution >= 4 is 11.3 Å². The van der Waals surface area contributed by atoms with E-state index in [1.54, 1.807) is 11.3 Å². The van der Waals surface area contributed by atoms with Gasteiger partial charge in [-0.15, -0.1) is 11.3 Å². The van der Waals surface area contributed by atoms with E-state index < -0.39 is 0 Å². The molecule has 2 atom stereocenters. The first-order valence-electron chi connectivity index (χ1n) is 5.27. The van der Waals surface area contributed by atoms with E-state index >= 15 is 0 Å². The monoisotopic (exact) mass is 226 g/mol. The van der Waals surface area contributed by atoms with Crippen molar-refractivity contribution in [1.29, 1.82) is 0 Å². The molecule has 3 N–H and O–H groups in total. The standard InChI is InChI=1S/C11H18N2OS/c1-11(8-14-6-10(11)12)7-13-5-9-3-2-4-15-9/h2-4,10,13H,5-8,12H2,1H3. The first kappa shape index (κ1) is 11.1. The van der Waals surface area contributed by atoms with Gasteiger partial charge >= 0.3 is 0 Å². The highest BCUT2D eigenvalue weighted by Crippen LogP contribution is 2.26. The quantitative estimate of drug-likeness (QED) is 0.811. The van der Waals surface area contributed by atoms with Gasteiger partial charge in [-0.2, -0.15) is 0 Å². The second-order valence-corrected chi connectivity index (χ2v) is 5.49. The average molecular weight is 226 g/mol. The van der Waals surface area contributed by atoms with Crippen molar-refractivity contribution in [2.24, 2.45) is 11.1 Å². The van der Waals surface area contributed by atoms with E-state index in [2.05, 4.69) is 29.8 Å². The molecule has 0 radical (unpaired) electrons. The SMILES string of the molecule is CC1(CNCc2cccs2)COCC1N. The molecule has 1 aromatic heterocycles. The molecular weight excluding hydrogens is 208 g/mol. The van der Waals surface area contributed by atoms with Crippen LogP contribution in [0.1, 0.15) is 11.8 Å². The number of hydrogen-bond acceptors (Lipinski definition) is 4. The molecule has 0 amide bonds. The zero-order valence-electron chi connectivity index (χ0n) is 9.03. The molecule has 1 aliphatic heterocycles. The summed E-state index contributed by atoms with van der Waals surface area (Å²) in [6.07, 6.45) is 0. The molecule has 1 aliphatic rings. The Morgan fingerprint density at radius 2 is 2.60 bits per heavy atom. The van der Waals surface area contributed by atoms with E-state index in [0.717, 1.165) is 19.7 Å². The van der Waals surface area contributed by atoms with E-state index in [4.69, 9.17) is 10.5 Å². The number of hydrogen-bond donors (Lipinski definition) is 2. The Balaban J connectivity index is 1.78. The van der Waals surface area contributed by atoms with Gasteiger partial charge in [0.2, 0.25) is 0 Å². The molecule has 15 heavy (non-hydrogen) atoms. The summed E-state index contributed by atoms with van der Waals surface area (Å²) in [4.78, 5) is 1.37. The summed E-state index contributed by atoms with van der Waals surface area (Å²) < 4.78 is 5.40. The van der Waals surface area contributed by atoms with E-state index in [9.17, 15) is 0 Å². The van der Waals surface area contributed by atoms with Gasteiger partial charge in [-0.1, -0.05) is 13.0 Å². The van der Waals surface area contributed by atoms with Crippen LogP contribution in [0.2, 0.25) is 0 Å². The van der Waals surface area contributed by atoms with Gasteiger partial charge in [0.05, 0.1) is 13.2 Å². The number of ether oxygens (including phenoxy) is 1. The highest BCUT2D eigenvalue weighted by molar-refractivity contribution is 7.09. The minimum atomic E-state index is 0.0945. The molecule has 84 valence electrons. The minimum Gasteiger partial charge on any atom is -0.379 e. The summed E-state index contributed by atoms with van der Waals surface area (Å²) in [5, 5.41) is 5.55. The summed E-state index contributed by atoms with van der Waals surface area (Å²) in [6.45, 7) is 5.50. The topological polar surface area (TPSA) is 47.3 Å². The maximum atomic E-state index is 6.01. The van der Waals surface area contributed by atoms with Crippen molar-refractivity contribution in [2.45, 2.75) is 19.5 Å². The summed E-state index contributed by atoms with van der Waals surface area (Å²) in [5.41, 5.74) is 6.10. The van der Waals surface area contributed by atoms with Crippen LogP contribution in [0.4, 0.5) is 0 Å². The minimum absolute atomic E-state index is 0.0945. The molecule has 1 fully saturated rings. The maximum absolute atomic E-state index is 6.01. The molecule has 2 unspecified atom stereocenters. The number of nitrogens with two attached hydrogens (primary N) is 1. The molecule has 0 spiro atoms. The van der Waals surface area contributed by atoms with Crippen LogP contribution in [0.25, 0.3) is 0 Å². The van der Waals surface area contributed by atoms with E-state index in [0.29, 0.717) is 6.61 Å². The Labute approximate surface area is 94.6 Å². The highest BCUT2D eigenvalue weighted by Gasteiger charge is 2.36. The average Bonchev–Trinajstić information content (AvgIpc) is 2.79. The summed E-state index contributed by atoms with van der Waals surface area (Å²) in [5.74, 6) is 0. The summed E-state index contributed by atoms with van der Waals surface area (Å²) >= 11 is 1.78. The van der Waals surface area contributed by atoms with Gasteiger partial charge in [0.1, 0.15) is 0 Å². The van der Waals surface area contributed by atoms with Gasteiger partial charge in [-0.3, -0.25) is 0 Å². The largest absolute Gasteiger partial charge is 0.379 e.